The summed E-state index contributed by atoms with van der Waals surface area (Å²) in [5, 5.41) is 12.9. The number of hydrogen-bond acceptors (Lipinski definition) is 6. The van der Waals surface area contributed by atoms with Crippen LogP contribution in [-0.4, -0.2) is 35.5 Å². The lowest BCUT2D eigenvalue weighted by Gasteiger charge is -2.23. The van der Waals surface area contributed by atoms with Crippen LogP contribution in [0.3, 0.4) is 0 Å². The number of carbonyl (C=O) groups excluding carboxylic acids is 1. The quantitative estimate of drug-likeness (QED) is 0.378. The molecule has 9 heteroatoms. The molecule has 0 spiro atoms. The molecule has 0 radical (unpaired) electrons. The number of thiophene rings is 1. The standard InChI is InChI=1S/C27H30N2O6S/c1-3-4-12-35-27(33)28-20-6-5-7-21-18(20)13-22(36-21)16-10-11-17-23(25(16)34-2)29(15-8-9-15)14-19(24(17)30)26(31)32/h10-11,13-15,20H,3-9,12H2,1-2H3,(H,28,33)(H,31,32). The van der Waals surface area contributed by atoms with Crippen molar-refractivity contribution < 1.29 is 24.2 Å². The number of benzene rings is 1. The van der Waals surface area contributed by atoms with Crippen LogP contribution in [0.25, 0.3) is 21.3 Å². The molecule has 2 N–H and O–H groups in total. The highest BCUT2D eigenvalue weighted by molar-refractivity contribution is 7.15. The monoisotopic (exact) mass is 510 g/mol. The van der Waals surface area contributed by atoms with Gasteiger partial charge in [0.2, 0.25) is 5.43 Å². The molecule has 1 fully saturated rings. The Morgan fingerprint density at radius 1 is 1.25 bits per heavy atom. The predicted molar refractivity (Wildman–Crippen MR) is 138 cm³/mol. The van der Waals surface area contributed by atoms with E-state index in [0.29, 0.717) is 23.3 Å². The van der Waals surface area contributed by atoms with E-state index in [2.05, 4.69) is 18.3 Å². The number of nitrogens with zero attached hydrogens (tertiary/aromatic N) is 1. The predicted octanol–water partition coefficient (Wildman–Crippen LogP) is 5.68. The van der Waals surface area contributed by atoms with E-state index < -0.39 is 11.4 Å². The second-order valence-electron chi connectivity index (χ2n) is 9.43. The molecule has 36 heavy (non-hydrogen) atoms. The van der Waals surface area contributed by atoms with Crippen molar-refractivity contribution in [2.24, 2.45) is 0 Å². The largest absolute Gasteiger partial charge is 0.494 e. The smallest absolute Gasteiger partial charge is 0.407 e. The summed E-state index contributed by atoms with van der Waals surface area (Å²) < 4.78 is 13.1. The van der Waals surface area contributed by atoms with Gasteiger partial charge in [0.1, 0.15) is 5.56 Å². The number of hydrogen-bond donors (Lipinski definition) is 2. The minimum absolute atomic E-state index is 0.109. The Kier molecular flexibility index (Phi) is 6.75. The normalized spacial score (nSPS) is 17.0. The van der Waals surface area contributed by atoms with Crippen LogP contribution in [-0.2, 0) is 11.2 Å². The third kappa shape index (κ3) is 4.48. The fraction of sp³-hybridized carbons (Fsp3) is 0.444. The van der Waals surface area contributed by atoms with Gasteiger partial charge in [-0.2, -0.15) is 0 Å². The number of fused-ring (bicyclic) bond motifs is 2. The van der Waals surface area contributed by atoms with Gasteiger partial charge in [0, 0.05) is 27.6 Å². The molecule has 0 aliphatic heterocycles. The molecule has 2 aromatic heterocycles. The Morgan fingerprint density at radius 2 is 2.06 bits per heavy atom. The number of unbranched alkanes of at least 4 members (excludes halogenated alkanes) is 1. The SMILES string of the molecule is CCCCOC(=O)NC1CCCc2sc(-c3ccc4c(=O)c(C(=O)O)cn(C5CC5)c4c3OC)cc21. The van der Waals surface area contributed by atoms with Crippen molar-refractivity contribution in [3.8, 4) is 16.2 Å². The first-order valence-corrected chi connectivity index (χ1v) is 13.3. The molecule has 1 amide bonds. The topological polar surface area (TPSA) is 107 Å². The Labute approximate surface area is 212 Å². The lowest BCUT2D eigenvalue weighted by molar-refractivity contribution is 0.0694. The molecule has 2 aliphatic rings. The first kappa shape index (κ1) is 24.4. The molecule has 1 aromatic carbocycles. The van der Waals surface area contributed by atoms with E-state index in [1.54, 1.807) is 24.5 Å². The number of nitrogens with one attached hydrogen (secondary N) is 1. The van der Waals surface area contributed by atoms with E-state index >= 15 is 0 Å². The average molecular weight is 511 g/mol. The third-order valence-electron chi connectivity index (χ3n) is 6.92. The Hall–Kier alpha value is -3.33. The highest BCUT2D eigenvalue weighted by Gasteiger charge is 2.30. The van der Waals surface area contributed by atoms with Gasteiger partial charge < -0.3 is 24.5 Å². The summed E-state index contributed by atoms with van der Waals surface area (Å²) in [5.74, 6) is -0.660. The molecule has 8 nitrogen and oxygen atoms in total. The summed E-state index contributed by atoms with van der Waals surface area (Å²) in [6.07, 6.45) is 7.50. The molecule has 190 valence electrons. The molecule has 2 heterocycles. The maximum Gasteiger partial charge on any atom is 0.407 e. The number of carboxylic acids is 1. The van der Waals surface area contributed by atoms with Crippen LogP contribution in [0.2, 0.25) is 0 Å². The van der Waals surface area contributed by atoms with Crippen LogP contribution in [0, 0.1) is 0 Å². The molecular formula is C27H30N2O6S. The summed E-state index contributed by atoms with van der Waals surface area (Å²) in [6.45, 7) is 2.47. The number of aromatic carboxylic acids is 1. The Morgan fingerprint density at radius 3 is 2.75 bits per heavy atom. The molecule has 1 saturated carbocycles. The van der Waals surface area contributed by atoms with Crippen molar-refractivity contribution in [1.29, 1.82) is 0 Å². The van der Waals surface area contributed by atoms with Crippen LogP contribution in [0.4, 0.5) is 4.79 Å². The lowest BCUT2D eigenvalue weighted by Crippen LogP contribution is -2.31. The zero-order valence-corrected chi connectivity index (χ0v) is 21.3. The van der Waals surface area contributed by atoms with Gasteiger partial charge >= 0.3 is 12.1 Å². The van der Waals surface area contributed by atoms with Crippen molar-refractivity contribution in [3.63, 3.8) is 0 Å². The van der Waals surface area contributed by atoms with Gasteiger partial charge in [0.15, 0.2) is 5.75 Å². The number of aromatic nitrogens is 1. The van der Waals surface area contributed by atoms with Crippen LogP contribution < -0.4 is 15.5 Å². The number of amides is 1. The number of aryl methyl sites for hydroxylation is 1. The van der Waals surface area contributed by atoms with Gasteiger partial charge in [-0.15, -0.1) is 11.3 Å². The first-order chi connectivity index (χ1) is 17.4. The van der Waals surface area contributed by atoms with Crippen molar-refractivity contribution in [3.05, 3.63) is 50.6 Å². The summed E-state index contributed by atoms with van der Waals surface area (Å²) in [4.78, 5) is 39.2. The molecule has 1 atom stereocenters. The van der Waals surface area contributed by atoms with E-state index in [9.17, 15) is 19.5 Å². The second-order valence-corrected chi connectivity index (χ2v) is 10.6. The zero-order chi connectivity index (χ0) is 25.4. The average Bonchev–Trinajstić information content (AvgIpc) is 3.61. The van der Waals surface area contributed by atoms with Gasteiger partial charge in [-0.25, -0.2) is 9.59 Å². The van der Waals surface area contributed by atoms with Gasteiger partial charge in [-0.1, -0.05) is 13.3 Å². The maximum absolute atomic E-state index is 13.0. The van der Waals surface area contributed by atoms with Crippen LogP contribution >= 0.6 is 11.3 Å². The van der Waals surface area contributed by atoms with Gasteiger partial charge in [0.05, 0.1) is 30.7 Å². The fourth-order valence-electron chi connectivity index (χ4n) is 4.94. The van der Waals surface area contributed by atoms with Crippen molar-refractivity contribution in [2.45, 2.75) is 64.0 Å². The summed E-state index contributed by atoms with van der Waals surface area (Å²) in [5.41, 5.74) is 1.85. The molecule has 3 aromatic rings. The van der Waals surface area contributed by atoms with Gasteiger partial charge in [0.25, 0.3) is 0 Å². The Balaban J connectivity index is 1.56. The molecular weight excluding hydrogens is 480 g/mol. The molecule has 0 saturated heterocycles. The molecule has 5 rings (SSSR count). The minimum Gasteiger partial charge on any atom is -0.494 e. The van der Waals surface area contributed by atoms with Crippen molar-refractivity contribution in [1.82, 2.24) is 9.88 Å². The summed E-state index contributed by atoms with van der Waals surface area (Å²) in [7, 11) is 1.58. The summed E-state index contributed by atoms with van der Waals surface area (Å²) >= 11 is 1.67. The van der Waals surface area contributed by atoms with Crippen LogP contribution in [0.1, 0.15) is 78.3 Å². The van der Waals surface area contributed by atoms with E-state index in [4.69, 9.17) is 9.47 Å². The van der Waals surface area contributed by atoms with Crippen LogP contribution in [0.15, 0.2) is 29.2 Å². The van der Waals surface area contributed by atoms with Crippen molar-refractivity contribution >= 4 is 34.3 Å². The second kappa shape index (κ2) is 9.97. The molecule has 1 unspecified atom stereocenters. The van der Waals surface area contributed by atoms with E-state index in [-0.39, 0.29) is 23.7 Å². The maximum atomic E-state index is 13.0. The number of carboxylic acid groups (broad SMARTS) is 1. The highest BCUT2D eigenvalue weighted by Crippen LogP contribution is 2.46. The van der Waals surface area contributed by atoms with Crippen LogP contribution in [0.5, 0.6) is 5.75 Å². The van der Waals surface area contributed by atoms with E-state index in [1.165, 1.54) is 11.1 Å². The zero-order valence-electron chi connectivity index (χ0n) is 20.5. The fourth-order valence-corrected chi connectivity index (χ4v) is 6.23. The third-order valence-corrected chi connectivity index (χ3v) is 8.17. The number of pyridine rings is 1. The minimum atomic E-state index is -1.22. The first-order valence-electron chi connectivity index (χ1n) is 12.5. The number of rotatable bonds is 8. The highest BCUT2D eigenvalue weighted by atomic mass is 32.1. The van der Waals surface area contributed by atoms with Crippen molar-refractivity contribution in [2.75, 3.05) is 13.7 Å². The summed E-state index contributed by atoms with van der Waals surface area (Å²) in [6, 6.07) is 5.69. The van der Waals surface area contributed by atoms with Gasteiger partial charge in [-0.3, -0.25) is 4.79 Å². The molecule has 2 aliphatic carbocycles. The van der Waals surface area contributed by atoms with E-state index in [0.717, 1.165) is 60.9 Å². The number of ether oxygens (including phenoxy) is 2. The van der Waals surface area contributed by atoms with Gasteiger partial charge in [-0.05, 0) is 62.3 Å². The Bertz CT molecular complexity index is 1390. The molecule has 0 bridgehead atoms. The lowest BCUT2D eigenvalue weighted by atomic mass is 9.93. The number of carbonyl (C=O) groups is 2. The number of methoxy groups -OCH3 is 1. The number of alkyl carbamates (subject to hydrolysis) is 1. The van der Waals surface area contributed by atoms with E-state index in [1.807, 2.05) is 10.6 Å².